The zero-order valence-electron chi connectivity index (χ0n) is 10.4. The molecule has 2 aliphatic rings. The van der Waals surface area contributed by atoms with Crippen molar-refractivity contribution < 1.29 is 9.59 Å². The van der Waals surface area contributed by atoms with Crippen molar-refractivity contribution in [2.45, 2.75) is 57.9 Å². The fourth-order valence-electron chi connectivity index (χ4n) is 3.21. The van der Waals surface area contributed by atoms with Crippen LogP contribution in [0.2, 0.25) is 0 Å². The number of nitrogens with zero attached hydrogens (tertiary/aromatic N) is 1. The standard InChI is InChI=1S/C14H19NO2/c1-3-11(4-2)15-12(16)9-14(10-13(15)17)7-5-6-8-14/h1,11H,4-10H2,2H3. The molecule has 2 rings (SSSR count). The van der Waals surface area contributed by atoms with Gasteiger partial charge in [-0.15, -0.1) is 6.42 Å². The van der Waals surface area contributed by atoms with Crippen molar-refractivity contribution in [2.24, 2.45) is 5.41 Å². The summed E-state index contributed by atoms with van der Waals surface area (Å²) in [5.41, 5.74) is -0.0302. The molecular formula is C14H19NO2. The normalized spacial score (nSPS) is 25.1. The Labute approximate surface area is 103 Å². The van der Waals surface area contributed by atoms with Gasteiger partial charge in [0.15, 0.2) is 0 Å². The molecule has 2 fully saturated rings. The Bertz CT molecular complexity index is 354. The minimum absolute atomic E-state index is 0.0302. The highest BCUT2D eigenvalue weighted by molar-refractivity contribution is 5.99. The highest BCUT2D eigenvalue weighted by Crippen LogP contribution is 2.47. The van der Waals surface area contributed by atoms with Crippen LogP contribution in [0.5, 0.6) is 0 Å². The number of carbonyl (C=O) groups is 2. The molecule has 1 aliphatic carbocycles. The van der Waals surface area contributed by atoms with Crippen molar-refractivity contribution in [3.63, 3.8) is 0 Å². The zero-order chi connectivity index (χ0) is 12.5. The van der Waals surface area contributed by atoms with E-state index in [9.17, 15) is 9.59 Å². The second-order valence-electron chi connectivity index (χ2n) is 5.31. The number of imide groups is 1. The Kier molecular flexibility index (Phi) is 3.24. The van der Waals surface area contributed by atoms with Gasteiger partial charge in [0.05, 0.1) is 0 Å². The zero-order valence-corrected chi connectivity index (χ0v) is 10.4. The van der Waals surface area contributed by atoms with Crippen molar-refractivity contribution in [3.05, 3.63) is 0 Å². The number of hydrogen-bond donors (Lipinski definition) is 0. The van der Waals surface area contributed by atoms with E-state index in [0.717, 1.165) is 25.7 Å². The number of carbonyl (C=O) groups excluding carboxylic acids is 2. The van der Waals surface area contributed by atoms with E-state index in [4.69, 9.17) is 6.42 Å². The van der Waals surface area contributed by atoms with E-state index in [1.807, 2.05) is 6.92 Å². The van der Waals surface area contributed by atoms with E-state index in [1.165, 1.54) is 4.90 Å². The summed E-state index contributed by atoms with van der Waals surface area (Å²) in [4.78, 5) is 25.6. The van der Waals surface area contributed by atoms with Gasteiger partial charge in [0.1, 0.15) is 6.04 Å². The van der Waals surface area contributed by atoms with Crippen molar-refractivity contribution in [2.75, 3.05) is 0 Å². The summed E-state index contributed by atoms with van der Waals surface area (Å²) >= 11 is 0. The summed E-state index contributed by atoms with van der Waals surface area (Å²) in [6.45, 7) is 1.91. The average Bonchev–Trinajstić information content (AvgIpc) is 2.71. The molecule has 1 unspecified atom stereocenters. The number of terminal acetylenes is 1. The lowest BCUT2D eigenvalue weighted by Crippen LogP contribution is -2.51. The summed E-state index contributed by atoms with van der Waals surface area (Å²) in [6.07, 6.45) is 11.4. The summed E-state index contributed by atoms with van der Waals surface area (Å²) in [5, 5.41) is 0. The van der Waals surface area contributed by atoms with Gasteiger partial charge >= 0.3 is 0 Å². The molecule has 0 radical (unpaired) electrons. The Morgan fingerprint density at radius 3 is 2.24 bits per heavy atom. The Morgan fingerprint density at radius 1 is 1.29 bits per heavy atom. The SMILES string of the molecule is C#CC(CC)N1C(=O)CC2(CCCC2)CC1=O. The molecule has 0 bridgehead atoms. The van der Waals surface area contributed by atoms with Crippen LogP contribution in [0.4, 0.5) is 0 Å². The van der Waals surface area contributed by atoms with Gasteiger partial charge in [-0.3, -0.25) is 14.5 Å². The van der Waals surface area contributed by atoms with Crippen LogP contribution >= 0.6 is 0 Å². The maximum Gasteiger partial charge on any atom is 0.230 e. The van der Waals surface area contributed by atoms with Gasteiger partial charge in [0, 0.05) is 12.8 Å². The number of hydrogen-bond acceptors (Lipinski definition) is 2. The highest BCUT2D eigenvalue weighted by Gasteiger charge is 2.46. The van der Waals surface area contributed by atoms with Crippen LogP contribution in [0.15, 0.2) is 0 Å². The van der Waals surface area contributed by atoms with Crippen LogP contribution in [0.3, 0.4) is 0 Å². The monoisotopic (exact) mass is 233 g/mol. The molecule has 2 amide bonds. The minimum atomic E-state index is -0.353. The summed E-state index contributed by atoms with van der Waals surface area (Å²) in [7, 11) is 0. The fourth-order valence-corrected chi connectivity index (χ4v) is 3.21. The number of amides is 2. The third kappa shape index (κ3) is 2.09. The van der Waals surface area contributed by atoms with Crippen molar-refractivity contribution >= 4 is 11.8 Å². The van der Waals surface area contributed by atoms with Gasteiger partial charge in [-0.05, 0) is 24.7 Å². The van der Waals surface area contributed by atoms with Crippen LogP contribution < -0.4 is 0 Å². The molecule has 0 aromatic heterocycles. The predicted molar refractivity (Wildman–Crippen MR) is 64.9 cm³/mol. The van der Waals surface area contributed by atoms with E-state index in [-0.39, 0.29) is 23.3 Å². The maximum atomic E-state index is 12.1. The molecule has 1 spiro atoms. The van der Waals surface area contributed by atoms with Gasteiger partial charge in [0.25, 0.3) is 0 Å². The van der Waals surface area contributed by atoms with Crippen molar-refractivity contribution in [1.29, 1.82) is 0 Å². The van der Waals surface area contributed by atoms with Crippen LogP contribution in [-0.2, 0) is 9.59 Å². The average molecular weight is 233 g/mol. The number of piperidine rings is 1. The van der Waals surface area contributed by atoms with E-state index < -0.39 is 0 Å². The minimum Gasteiger partial charge on any atom is -0.274 e. The first-order chi connectivity index (χ1) is 8.12. The lowest BCUT2D eigenvalue weighted by molar-refractivity contribution is -0.155. The fraction of sp³-hybridized carbons (Fsp3) is 0.714. The molecule has 1 saturated carbocycles. The van der Waals surface area contributed by atoms with Crippen LogP contribution in [-0.4, -0.2) is 22.8 Å². The topological polar surface area (TPSA) is 37.4 Å². The smallest absolute Gasteiger partial charge is 0.230 e. The Morgan fingerprint density at radius 2 is 1.82 bits per heavy atom. The summed E-state index contributed by atoms with van der Waals surface area (Å²) in [5.74, 6) is 2.42. The molecule has 0 aromatic rings. The molecule has 1 saturated heterocycles. The molecule has 0 N–H and O–H groups in total. The van der Waals surface area contributed by atoms with Gasteiger partial charge in [-0.1, -0.05) is 25.7 Å². The first kappa shape index (κ1) is 12.2. The molecule has 3 nitrogen and oxygen atoms in total. The van der Waals surface area contributed by atoms with E-state index >= 15 is 0 Å². The number of rotatable bonds is 2. The molecule has 0 aromatic carbocycles. The third-order valence-electron chi connectivity index (χ3n) is 4.14. The van der Waals surface area contributed by atoms with Crippen LogP contribution in [0, 0.1) is 17.8 Å². The molecule has 17 heavy (non-hydrogen) atoms. The van der Waals surface area contributed by atoms with Gasteiger partial charge < -0.3 is 0 Å². The van der Waals surface area contributed by atoms with Gasteiger partial charge in [-0.25, -0.2) is 0 Å². The lowest BCUT2D eigenvalue weighted by atomic mass is 9.76. The largest absolute Gasteiger partial charge is 0.274 e. The molecular weight excluding hydrogens is 214 g/mol. The Balaban J connectivity index is 2.17. The van der Waals surface area contributed by atoms with Crippen LogP contribution in [0.1, 0.15) is 51.9 Å². The maximum absolute atomic E-state index is 12.1. The van der Waals surface area contributed by atoms with Gasteiger partial charge in [0.2, 0.25) is 11.8 Å². The van der Waals surface area contributed by atoms with Crippen molar-refractivity contribution in [1.82, 2.24) is 4.90 Å². The lowest BCUT2D eigenvalue weighted by Gasteiger charge is -2.39. The summed E-state index contributed by atoms with van der Waals surface area (Å²) in [6, 6.07) is -0.353. The molecule has 92 valence electrons. The number of likely N-dealkylation sites (tertiary alicyclic amines) is 1. The second kappa shape index (κ2) is 4.52. The van der Waals surface area contributed by atoms with E-state index in [0.29, 0.717) is 19.3 Å². The third-order valence-corrected chi connectivity index (χ3v) is 4.14. The second-order valence-corrected chi connectivity index (χ2v) is 5.31. The van der Waals surface area contributed by atoms with Crippen molar-refractivity contribution in [3.8, 4) is 12.3 Å². The first-order valence-electron chi connectivity index (χ1n) is 6.43. The first-order valence-corrected chi connectivity index (χ1v) is 6.43. The highest BCUT2D eigenvalue weighted by atomic mass is 16.2. The van der Waals surface area contributed by atoms with E-state index in [2.05, 4.69) is 5.92 Å². The van der Waals surface area contributed by atoms with Crippen LogP contribution in [0.25, 0.3) is 0 Å². The molecule has 3 heteroatoms. The predicted octanol–water partition coefficient (Wildman–Crippen LogP) is 2.11. The summed E-state index contributed by atoms with van der Waals surface area (Å²) < 4.78 is 0. The quantitative estimate of drug-likeness (QED) is 0.541. The molecule has 1 heterocycles. The Hall–Kier alpha value is -1.30. The van der Waals surface area contributed by atoms with Gasteiger partial charge in [-0.2, -0.15) is 0 Å². The van der Waals surface area contributed by atoms with E-state index in [1.54, 1.807) is 0 Å². The molecule has 1 atom stereocenters. The molecule has 1 aliphatic heterocycles.